The SMILES string of the molecule is CC[C@@H](C)c1ccc(OCC(=O)Nc2cc(C(=O)OC)ccc2C)cc1. The van der Waals surface area contributed by atoms with Crippen molar-refractivity contribution in [3.05, 3.63) is 59.2 Å². The van der Waals surface area contributed by atoms with Crippen molar-refractivity contribution in [2.75, 3.05) is 19.0 Å². The number of benzene rings is 2. The number of esters is 1. The molecule has 0 aliphatic rings. The summed E-state index contributed by atoms with van der Waals surface area (Å²) in [5.41, 5.74) is 3.05. The summed E-state index contributed by atoms with van der Waals surface area (Å²) >= 11 is 0. The van der Waals surface area contributed by atoms with Crippen LogP contribution in [0.15, 0.2) is 42.5 Å². The minimum absolute atomic E-state index is 0.107. The highest BCUT2D eigenvalue weighted by Gasteiger charge is 2.11. The van der Waals surface area contributed by atoms with E-state index in [1.54, 1.807) is 18.2 Å². The van der Waals surface area contributed by atoms with Crippen LogP contribution in [0.5, 0.6) is 5.75 Å². The average Bonchev–Trinajstić information content (AvgIpc) is 2.67. The number of methoxy groups -OCH3 is 1. The molecule has 2 aromatic carbocycles. The Labute approximate surface area is 154 Å². The summed E-state index contributed by atoms with van der Waals surface area (Å²) in [7, 11) is 1.32. The van der Waals surface area contributed by atoms with Crippen LogP contribution in [0.4, 0.5) is 5.69 Å². The monoisotopic (exact) mass is 355 g/mol. The van der Waals surface area contributed by atoms with Crippen LogP contribution in [0.2, 0.25) is 0 Å². The van der Waals surface area contributed by atoms with E-state index < -0.39 is 5.97 Å². The third-order valence-corrected chi connectivity index (χ3v) is 4.36. The van der Waals surface area contributed by atoms with Crippen molar-refractivity contribution in [3.8, 4) is 5.75 Å². The zero-order chi connectivity index (χ0) is 19.1. The summed E-state index contributed by atoms with van der Waals surface area (Å²) in [6.45, 7) is 6.07. The predicted octanol–water partition coefficient (Wildman–Crippen LogP) is 4.31. The van der Waals surface area contributed by atoms with Crippen LogP contribution in [0.3, 0.4) is 0 Å². The fourth-order valence-corrected chi connectivity index (χ4v) is 2.46. The first-order valence-corrected chi connectivity index (χ1v) is 8.66. The largest absolute Gasteiger partial charge is 0.484 e. The molecule has 0 spiro atoms. The van der Waals surface area contributed by atoms with Gasteiger partial charge < -0.3 is 14.8 Å². The van der Waals surface area contributed by atoms with Gasteiger partial charge in [-0.2, -0.15) is 0 Å². The molecule has 0 aliphatic heterocycles. The Hall–Kier alpha value is -2.82. The Morgan fingerprint density at radius 2 is 1.81 bits per heavy atom. The van der Waals surface area contributed by atoms with Crippen molar-refractivity contribution in [1.82, 2.24) is 0 Å². The number of carbonyl (C=O) groups is 2. The van der Waals surface area contributed by atoms with Gasteiger partial charge in [0.25, 0.3) is 5.91 Å². The molecule has 0 radical (unpaired) electrons. The lowest BCUT2D eigenvalue weighted by atomic mass is 9.99. The molecule has 1 atom stereocenters. The van der Waals surface area contributed by atoms with Crippen LogP contribution >= 0.6 is 0 Å². The quantitative estimate of drug-likeness (QED) is 0.752. The maximum absolute atomic E-state index is 12.2. The molecule has 26 heavy (non-hydrogen) atoms. The highest BCUT2D eigenvalue weighted by atomic mass is 16.5. The van der Waals surface area contributed by atoms with E-state index in [0.29, 0.717) is 22.9 Å². The molecule has 2 aromatic rings. The lowest BCUT2D eigenvalue weighted by Crippen LogP contribution is -2.21. The Bertz CT molecular complexity index is 768. The Kier molecular flexibility index (Phi) is 6.78. The highest BCUT2D eigenvalue weighted by Crippen LogP contribution is 2.22. The number of ether oxygens (including phenoxy) is 2. The maximum Gasteiger partial charge on any atom is 0.337 e. The van der Waals surface area contributed by atoms with Gasteiger partial charge in [-0.15, -0.1) is 0 Å². The van der Waals surface area contributed by atoms with Gasteiger partial charge in [-0.1, -0.05) is 32.0 Å². The van der Waals surface area contributed by atoms with E-state index in [-0.39, 0.29) is 12.5 Å². The minimum Gasteiger partial charge on any atom is -0.484 e. The van der Waals surface area contributed by atoms with Crippen molar-refractivity contribution in [2.45, 2.75) is 33.1 Å². The number of rotatable bonds is 7. The van der Waals surface area contributed by atoms with E-state index in [1.165, 1.54) is 12.7 Å². The fraction of sp³-hybridized carbons (Fsp3) is 0.333. The Morgan fingerprint density at radius 3 is 2.42 bits per heavy atom. The number of amides is 1. The number of nitrogens with one attached hydrogen (secondary N) is 1. The molecule has 0 saturated heterocycles. The summed E-state index contributed by atoms with van der Waals surface area (Å²) in [5.74, 6) is 0.406. The first kappa shape index (κ1) is 19.5. The summed E-state index contributed by atoms with van der Waals surface area (Å²) in [4.78, 5) is 23.8. The molecule has 0 aliphatic carbocycles. The molecule has 0 unspecified atom stereocenters. The van der Waals surface area contributed by atoms with Crippen molar-refractivity contribution in [3.63, 3.8) is 0 Å². The number of hydrogen-bond donors (Lipinski definition) is 1. The topological polar surface area (TPSA) is 64.6 Å². The van der Waals surface area contributed by atoms with Gasteiger partial charge in [0.15, 0.2) is 6.61 Å². The van der Waals surface area contributed by atoms with Gasteiger partial charge in [0.1, 0.15) is 5.75 Å². The van der Waals surface area contributed by atoms with E-state index in [9.17, 15) is 9.59 Å². The summed E-state index contributed by atoms with van der Waals surface area (Å²) in [6.07, 6.45) is 1.08. The standard InChI is InChI=1S/C21H25NO4/c1-5-14(2)16-8-10-18(11-9-16)26-13-20(23)22-19-12-17(21(24)25-4)7-6-15(19)3/h6-12,14H,5,13H2,1-4H3,(H,22,23)/t14-/m1/s1. The van der Waals surface area contributed by atoms with Gasteiger partial charge in [0, 0.05) is 5.69 Å². The van der Waals surface area contributed by atoms with E-state index in [4.69, 9.17) is 9.47 Å². The zero-order valence-electron chi connectivity index (χ0n) is 15.7. The molecule has 0 heterocycles. The average molecular weight is 355 g/mol. The number of anilines is 1. The van der Waals surface area contributed by atoms with E-state index in [0.717, 1.165) is 12.0 Å². The van der Waals surface area contributed by atoms with Gasteiger partial charge >= 0.3 is 5.97 Å². The van der Waals surface area contributed by atoms with Gasteiger partial charge in [0.2, 0.25) is 0 Å². The summed E-state index contributed by atoms with van der Waals surface area (Å²) in [5, 5.41) is 2.77. The zero-order valence-corrected chi connectivity index (χ0v) is 15.7. The molecule has 138 valence electrons. The van der Waals surface area contributed by atoms with Gasteiger partial charge in [-0.05, 0) is 54.7 Å². The summed E-state index contributed by atoms with van der Waals surface area (Å²) < 4.78 is 10.2. The number of carbonyl (C=O) groups excluding carboxylic acids is 2. The third-order valence-electron chi connectivity index (χ3n) is 4.36. The van der Waals surface area contributed by atoms with Crippen molar-refractivity contribution in [1.29, 1.82) is 0 Å². The van der Waals surface area contributed by atoms with Gasteiger partial charge in [-0.25, -0.2) is 4.79 Å². The molecule has 0 saturated carbocycles. The molecule has 1 N–H and O–H groups in total. The molecule has 0 aromatic heterocycles. The van der Waals surface area contributed by atoms with Crippen molar-refractivity contribution in [2.24, 2.45) is 0 Å². The van der Waals surface area contributed by atoms with Gasteiger partial charge in [0.05, 0.1) is 12.7 Å². The second kappa shape index (κ2) is 9.04. The fourth-order valence-electron chi connectivity index (χ4n) is 2.46. The molecule has 0 bridgehead atoms. The van der Waals surface area contributed by atoms with Crippen LogP contribution < -0.4 is 10.1 Å². The maximum atomic E-state index is 12.2. The van der Waals surface area contributed by atoms with Crippen LogP contribution in [-0.4, -0.2) is 25.6 Å². The highest BCUT2D eigenvalue weighted by molar-refractivity contribution is 5.95. The molecule has 5 heteroatoms. The van der Waals surface area contributed by atoms with Crippen LogP contribution in [0.25, 0.3) is 0 Å². The molecule has 5 nitrogen and oxygen atoms in total. The lowest BCUT2D eigenvalue weighted by molar-refractivity contribution is -0.118. The van der Waals surface area contributed by atoms with Gasteiger partial charge in [-0.3, -0.25) is 4.79 Å². The first-order valence-electron chi connectivity index (χ1n) is 8.66. The molecule has 2 rings (SSSR count). The molecular weight excluding hydrogens is 330 g/mol. The summed E-state index contributed by atoms with van der Waals surface area (Å²) in [6, 6.07) is 12.8. The second-order valence-electron chi connectivity index (χ2n) is 6.24. The molecule has 0 fully saturated rings. The smallest absolute Gasteiger partial charge is 0.337 e. The number of aryl methyl sites for hydroxylation is 1. The lowest BCUT2D eigenvalue weighted by Gasteiger charge is -2.12. The van der Waals surface area contributed by atoms with Crippen LogP contribution in [0.1, 0.15) is 47.7 Å². The molecule has 1 amide bonds. The Balaban J connectivity index is 1.95. The van der Waals surface area contributed by atoms with Crippen molar-refractivity contribution < 1.29 is 19.1 Å². The van der Waals surface area contributed by atoms with Crippen molar-refractivity contribution >= 4 is 17.6 Å². The van der Waals surface area contributed by atoms with Crippen LogP contribution in [-0.2, 0) is 9.53 Å². The normalized spacial score (nSPS) is 11.5. The number of hydrogen-bond acceptors (Lipinski definition) is 4. The third kappa shape index (κ3) is 5.09. The van der Waals surface area contributed by atoms with Crippen LogP contribution in [0, 0.1) is 6.92 Å². The first-order chi connectivity index (χ1) is 12.4. The second-order valence-corrected chi connectivity index (χ2v) is 6.24. The molecular formula is C21H25NO4. The Morgan fingerprint density at radius 1 is 1.12 bits per heavy atom. The van der Waals surface area contributed by atoms with E-state index >= 15 is 0 Å². The van der Waals surface area contributed by atoms with E-state index in [2.05, 4.69) is 19.2 Å². The predicted molar refractivity (Wildman–Crippen MR) is 102 cm³/mol. The van der Waals surface area contributed by atoms with E-state index in [1.807, 2.05) is 31.2 Å². The minimum atomic E-state index is -0.446.